The van der Waals surface area contributed by atoms with E-state index in [4.69, 9.17) is 11.6 Å². The smallest absolute Gasteiger partial charge is 0.303 e. The molecule has 0 spiro atoms. The number of benzene rings is 2. The Kier molecular flexibility index (Phi) is 7.12. The van der Waals surface area contributed by atoms with Crippen molar-refractivity contribution >= 4 is 35.1 Å². The van der Waals surface area contributed by atoms with Gasteiger partial charge in [0.1, 0.15) is 5.82 Å². The van der Waals surface area contributed by atoms with E-state index < -0.39 is 23.1 Å². The summed E-state index contributed by atoms with van der Waals surface area (Å²) in [6.45, 7) is 5.53. The van der Waals surface area contributed by atoms with Gasteiger partial charge in [0, 0.05) is 26.7 Å². The predicted molar refractivity (Wildman–Crippen MR) is 136 cm³/mol. The van der Waals surface area contributed by atoms with Crippen LogP contribution < -0.4 is 10.6 Å². The number of hydrogen-bond acceptors (Lipinski definition) is 4. The van der Waals surface area contributed by atoms with Crippen LogP contribution in [0, 0.1) is 11.2 Å². The Bertz CT molecular complexity index is 1210. The zero-order valence-corrected chi connectivity index (χ0v) is 21.4. The molecule has 0 atom stereocenters. The molecule has 0 bridgehead atoms. The highest BCUT2D eigenvalue weighted by Crippen LogP contribution is 2.51. The first-order valence-corrected chi connectivity index (χ1v) is 12.4. The fraction of sp³-hybridized carbons (Fsp3) is 0.444. The number of aliphatic carboxylic acids is 1. The maximum atomic E-state index is 14.4. The average molecular weight is 516 g/mol. The van der Waals surface area contributed by atoms with Crippen molar-refractivity contribution in [2.75, 3.05) is 32.0 Å². The first kappa shape index (κ1) is 26.1. The number of carbonyl (C=O) groups excluding carboxylic acids is 2. The van der Waals surface area contributed by atoms with Crippen LogP contribution >= 0.6 is 11.6 Å². The highest BCUT2D eigenvalue weighted by Gasteiger charge is 2.55. The Morgan fingerprint density at radius 2 is 1.83 bits per heavy atom. The number of nitrogens with one attached hydrogen (secondary N) is 2. The van der Waals surface area contributed by atoms with Gasteiger partial charge in [-0.2, -0.15) is 0 Å². The number of hydrogen-bond donors (Lipinski definition) is 3. The number of nitrogens with zero attached hydrogens (tertiary/aromatic N) is 1. The lowest BCUT2D eigenvalue weighted by Crippen LogP contribution is -2.66. The molecule has 1 heterocycles. The summed E-state index contributed by atoms with van der Waals surface area (Å²) in [6.07, 6.45) is 1.83. The second-order valence-electron chi connectivity index (χ2n) is 10.4. The summed E-state index contributed by atoms with van der Waals surface area (Å²) in [5.41, 5.74) is 0.860. The van der Waals surface area contributed by atoms with Crippen molar-refractivity contribution in [2.45, 2.75) is 44.4 Å². The quantitative estimate of drug-likeness (QED) is 0.459. The number of anilines is 1. The summed E-state index contributed by atoms with van der Waals surface area (Å²) in [4.78, 5) is 39.8. The Morgan fingerprint density at radius 1 is 1.17 bits per heavy atom. The van der Waals surface area contributed by atoms with E-state index in [1.54, 1.807) is 0 Å². The molecule has 2 aliphatic rings. The third kappa shape index (κ3) is 4.97. The van der Waals surface area contributed by atoms with Crippen molar-refractivity contribution in [2.24, 2.45) is 5.41 Å². The summed E-state index contributed by atoms with van der Waals surface area (Å²) in [5, 5.41) is 14.4. The van der Waals surface area contributed by atoms with Crippen molar-refractivity contribution in [3.05, 3.63) is 63.9 Å². The molecular formula is C27H31ClFN3O4. The molecule has 0 aromatic heterocycles. The fourth-order valence-electron chi connectivity index (χ4n) is 5.28. The molecule has 7 nitrogen and oxygen atoms in total. The Labute approximate surface area is 215 Å². The molecule has 2 fully saturated rings. The molecule has 0 radical (unpaired) electrons. The van der Waals surface area contributed by atoms with Gasteiger partial charge in [0.05, 0.1) is 28.1 Å². The van der Waals surface area contributed by atoms with Gasteiger partial charge >= 0.3 is 5.97 Å². The first-order chi connectivity index (χ1) is 17.0. The Hall–Kier alpha value is -2.97. The molecular weight excluding hydrogens is 485 g/mol. The summed E-state index contributed by atoms with van der Waals surface area (Å²) < 4.78 is 14.4. The number of amides is 2. The van der Waals surface area contributed by atoms with Gasteiger partial charge in [-0.25, -0.2) is 4.39 Å². The topological polar surface area (TPSA) is 98.7 Å². The zero-order valence-electron chi connectivity index (χ0n) is 20.7. The van der Waals surface area contributed by atoms with Crippen LogP contribution in [0.1, 0.15) is 60.5 Å². The molecule has 2 amide bonds. The molecule has 2 aromatic carbocycles. The van der Waals surface area contributed by atoms with Crippen LogP contribution in [0.25, 0.3) is 0 Å². The van der Waals surface area contributed by atoms with E-state index in [-0.39, 0.29) is 39.9 Å². The maximum absolute atomic E-state index is 14.4. The first-order valence-electron chi connectivity index (χ1n) is 12.1. The minimum absolute atomic E-state index is 0.0469. The number of carbonyl (C=O) groups is 3. The maximum Gasteiger partial charge on any atom is 0.303 e. The molecule has 4 rings (SSSR count). The van der Waals surface area contributed by atoms with Gasteiger partial charge in [-0.1, -0.05) is 49.7 Å². The molecule has 1 aliphatic carbocycles. The SMILES string of the molecule is CNC(=O)c1cc(Cl)c(F)cc1NC(=O)C1(c2ccccc2C(C)C)CN(CC2(CC(=O)O)CC2)C1. The molecule has 1 saturated heterocycles. The Morgan fingerprint density at radius 3 is 2.42 bits per heavy atom. The van der Waals surface area contributed by atoms with Gasteiger partial charge < -0.3 is 15.7 Å². The third-order valence-electron chi connectivity index (χ3n) is 7.34. The number of carboxylic acids is 1. The van der Waals surface area contributed by atoms with E-state index in [0.717, 1.165) is 30.0 Å². The van der Waals surface area contributed by atoms with E-state index in [2.05, 4.69) is 29.4 Å². The molecule has 1 saturated carbocycles. The number of halogens is 2. The van der Waals surface area contributed by atoms with Gasteiger partial charge in [0.15, 0.2) is 0 Å². The van der Waals surface area contributed by atoms with Crippen molar-refractivity contribution in [3.63, 3.8) is 0 Å². The van der Waals surface area contributed by atoms with Crippen LogP contribution in [-0.4, -0.2) is 54.5 Å². The highest BCUT2D eigenvalue weighted by molar-refractivity contribution is 6.31. The molecule has 1 aliphatic heterocycles. The van der Waals surface area contributed by atoms with Gasteiger partial charge in [0.25, 0.3) is 5.91 Å². The molecule has 0 unspecified atom stereocenters. The summed E-state index contributed by atoms with van der Waals surface area (Å²) in [6, 6.07) is 10.0. The van der Waals surface area contributed by atoms with E-state index in [1.807, 2.05) is 24.3 Å². The summed E-state index contributed by atoms with van der Waals surface area (Å²) in [7, 11) is 1.44. The lowest BCUT2D eigenvalue weighted by atomic mass is 9.69. The lowest BCUT2D eigenvalue weighted by molar-refractivity contribution is -0.139. The monoisotopic (exact) mass is 515 g/mol. The van der Waals surface area contributed by atoms with Crippen molar-refractivity contribution in [3.8, 4) is 0 Å². The number of rotatable bonds is 9. The zero-order chi connectivity index (χ0) is 26.3. The standard InChI is InChI=1S/C27H31ClFN3O4/c1-16(2)17-6-4-5-7-19(17)27(14-32(15-27)13-26(8-9-26)12-23(33)34)25(36)31-22-11-21(29)20(28)10-18(22)24(35)30-3/h4-7,10-11,16H,8-9,12-15H2,1-3H3,(H,30,35)(H,31,36)(H,33,34). The summed E-state index contributed by atoms with van der Waals surface area (Å²) >= 11 is 5.91. The molecule has 9 heteroatoms. The lowest BCUT2D eigenvalue weighted by Gasteiger charge is -2.51. The fourth-order valence-corrected chi connectivity index (χ4v) is 5.44. The highest BCUT2D eigenvalue weighted by atomic mass is 35.5. The van der Waals surface area contributed by atoms with Crippen LogP contribution in [0.3, 0.4) is 0 Å². The second kappa shape index (κ2) is 9.82. The molecule has 2 aromatic rings. The van der Waals surface area contributed by atoms with Crippen molar-refractivity contribution < 1.29 is 23.9 Å². The number of likely N-dealkylation sites (tertiary alicyclic amines) is 1. The van der Waals surface area contributed by atoms with E-state index in [9.17, 15) is 23.9 Å². The normalized spacial score (nSPS) is 17.8. The van der Waals surface area contributed by atoms with Crippen molar-refractivity contribution in [1.29, 1.82) is 0 Å². The minimum Gasteiger partial charge on any atom is -0.481 e. The van der Waals surface area contributed by atoms with Gasteiger partial charge in [0.2, 0.25) is 5.91 Å². The minimum atomic E-state index is -0.934. The van der Waals surface area contributed by atoms with Gasteiger partial charge in [-0.15, -0.1) is 0 Å². The largest absolute Gasteiger partial charge is 0.481 e. The van der Waals surface area contributed by atoms with Gasteiger partial charge in [-0.05, 0) is 47.4 Å². The molecule has 36 heavy (non-hydrogen) atoms. The Balaban J connectivity index is 1.67. The van der Waals surface area contributed by atoms with Crippen LogP contribution in [0.15, 0.2) is 36.4 Å². The number of carboxylic acid groups (broad SMARTS) is 1. The van der Waals surface area contributed by atoms with Crippen LogP contribution in [0.5, 0.6) is 0 Å². The van der Waals surface area contributed by atoms with Gasteiger partial charge in [-0.3, -0.25) is 19.3 Å². The third-order valence-corrected chi connectivity index (χ3v) is 7.63. The van der Waals surface area contributed by atoms with Crippen molar-refractivity contribution in [1.82, 2.24) is 10.2 Å². The van der Waals surface area contributed by atoms with E-state index in [0.29, 0.717) is 19.6 Å². The second-order valence-corrected chi connectivity index (χ2v) is 10.8. The van der Waals surface area contributed by atoms with E-state index >= 15 is 0 Å². The molecule has 192 valence electrons. The average Bonchev–Trinajstić information content (AvgIpc) is 3.55. The predicted octanol–water partition coefficient (Wildman–Crippen LogP) is 4.41. The summed E-state index contributed by atoms with van der Waals surface area (Å²) in [5.74, 6) is -2.23. The van der Waals surface area contributed by atoms with Crippen LogP contribution in [0.4, 0.5) is 10.1 Å². The van der Waals surface area contributed by atoms with Crippen LogP contribution in [0.2, 0.25) is 5.02 Å². The van der Waals surface area contributed by atoms with E-state index in [1.165, 1.54) is 13.1 Å². The van der Waals surface area contributed by atoms with Crippen LogP contribution in [-0.2, 0) is 15.0 Å². The molecule has 3 N–H and O–H groups in total.